The Bertz CT molecular complexity index is 899. The van der Waals surface area contributed by atoms with E-state index in [1.165, 1.54) is 7.11 Å². The molecule has 3 rings (SSSR count). The molecule has 0 radical (unpaired) electrons. The topological polar surface area (TPSA) is 70.5 Å². The van der Waals surface area contributed by atoms with E-state index in [1.807, 2.05) is 24.3 Å². The lowest BCUT2D eigenvalue weighted by molar-refractivity contribution is -0.147. The molecule has 0 fully saturated rings. The van der Waals surface area contributed by atoms with Gasteiger partial charge in [-0.3, -0.25) is 0 Å². The minimum absolute atomic E-state index is 0.179. The lowest BCUT2D eigenvalue weighted by Crippen LogP contribution is -2.24. The lowest BCUT2D eigenvalue weighted by atomic mass is 10.3. The van der Waals surface area contributed by atoms with Gasteiger partial charge in [-0.2, -0.15) is 0 Å². The first-order valence-corrected chi connectivity index (χ1v) is 7.89. The smallest absolute Gasteiger partial charge is 0.346 e. The van der Waals surface area contributed by atoms with Gasteiger partial charge in [-0.25, -0.2) is 14.8 Å². The number of aromatic nitrogens is 2. The quantitative estimate of drug-likeness (QED) is 0.642. The lowest BCUT2D eigenvalue weighted by Gasteiger charge is -2.13. The summed E-state index contributed by atoms with van der Waals surface area (Å²) in [5.41, 5.74) is 1.38. The van der Waals surface area contributed by atoms with E-state index in [-0.39, 0.29) is 11.0 Å². The van der Waals surface area contributed by atoms with E-state index in [0.29, 0.717) is 22.5 Å². The van der Waals surface area contributed by atoms with Gasteiger partial charge in [0, 0.05) is 0 Å². The number of nitrogens with zero attached hydrogens (tertiary/aromatic N) is 2. The summed E-state index contributed by atoms with van der Waals surface area (Å²) in [5, 5.41) is 0.179. The highest BCUT2D eigenvalue weighted by atomic mass is 35.5. The van der Waals surface area contributed by atoms with Gasteiger partial charge in [-0.05, 0) is 43.3 Å². The molecular weight excluding hydrogens is 344 g/mol. The zero-order valence-electron chi connectivity index (χ0n) is 13.6. The maximum atomic E-state index is 11.4. The second kappa shape index (κ2) is 7.36. The maximum absolute atomic E-state index is 11.4. The van der Waals surface area contributed by atoms with Crippen molar-refractivity contribution >= 4 is 28.6 Å². The first kappa shape index (κ1) is 17.0. The highest BCUT2D eigenvalue weighted by molar-refractivity contribution is 6.31. The first-order valence-electron chi connectivity index (χ1n) is 7.51. The summed E-state index contributed by atoms with van der Waals surface area (Å²) >= 11 is 6.13. The Morgan fingerprint density at radius 3 is 2.24 bits per heavy atom. The molecule has 0 aliphatic carbocycles. The van der Waals surface area contributed by atoms with Gasteiger partial charge in [-0.15, -0.1) is 0 Å². The van der Waals surface area contributed by atoms with Crippen LogP contribution >= 0.6 is 11.6 Å². The number of benzene rings is 2. The molecule has 3 aromatic rings. The second-order valence-corrected chi connectivity index (χ2v) is 5.52. The van der Waals surface area contributed by atoms with Crippen molar-refractivity contribution in [2.24, 2.45) is 0 Å². The molecule has 128 valence electrons. The van der Waals surface area contributed by atoms with Crippen molar-refractivity contribution in [2.75, 3.05) is 7.11 Å². The highest BCUT2D eigenvalue weighted by Gasteiger charge is 2.15. The van der Waals surface area contributed by atoms with Crippen molar-refractivity contribution in [3.8, 4) is 17.4 Å². The largest absolute Gasteiger partial charge is 0.479 e. The molecule has 0 N–H and O–H groups in total. The SMILES string of the molecule is COC(=O)C(C)Oc1ccc(Oc2nc3ccccc3nc2Cl)cc1. The van der Waals surface area contributed by atoms with Crippen LogP contribution in [0, 0.1) is 0 Å². The van der Waals surface area contributed by atoms with E-state index in [0.717, 1.165) is 0 Å². The monoisotopic (exact) mass is 358 g/mol. The Morgan fingerprint density at radius 1 is 1.00 bits per heavy atom. The van der Waals surface area contributed by atoms with Crippen molar-refractivity contribution < 1.29 is 19.0 Å². The average Bonchev–Trinajstić information content (AvgIpc) is 2.63. The normalized spacial score (nSPS) is 11.8. The summed E-state index contributed by atoms with van der Waals surface area (Å²) in [5.74, 6) is 0.806. The molecule has 0 bridgehead atoms. The van der Waals surface area contributed by atoms with Gasteiger partial charge < -0.3 is 14.2 Å². The molecule has 0 amide bonds. The molecule has 1 aromatic heterocycles. The van der Waals surface area contributed by atoms with Crippen LogP contribution in [-0.4, -0.2) is 29.2 Å². The number of halogens is 1. The van der Waals surface area contributed by atoms with E-state index < -0.39 is 12.1 Å². The van der Waals surface area contributed by atoms with Crippen molar-refractivity contribution in [2.45, 2.75) is 13.0 Å². The molecule has 0 aliphatic heterocycles. The average molecular weight is 359 g/mol. The number of carbonyl (C=O) groups excluding carboxylic acids is 1. The van der Waals surface area contributed by atoms with Crippen LogP contribution in [-0.2, 0) is 9.53 Å². The van der Waals surface area contributed by atoms with Gasteiger partial charge >= 0.3 is 5.97 Å². The molecule has 0 saturated heterocycles. The van der Waals surface area contributed by atoms with Crippen molar-refractivity contribution in [1.29, 1.82) is 0 Å². The molecule has 1 atom stereocenters. The van der Waals surface area contributed by atoms with Crippen LogP contribution in [0.2, 0.25) is 5.15 Å². The number of hydrogen-bond acceptors (Lipinski definition) is 6. The first-order chi connectivity index (χ1) is 12.1. The fourth-order valence-corrected chi connectivity index (χ4v) is 2.32. The third kappa shape index (κ3) is 3.97. The predicted octanol–water partition coefficient (Wildman–Crippen LogP) is 4.02. The van der Waals surface area contributed by atoms with Crippen LogP contribution in [0.1, 0.15) is 6.92 Å². The van der Waals surface area contributed by atoms with Gasteiger partial charge in [-0.1, -0.05) is 23.7 Å². The molecule has 0 aliphatic rings. The summed E-state index contributed by atoms with van der Waals surface area (Å²) in [7, 11) is 1.31. The minimum atomic E-state index is -0.697. The molecule has 0 spiro atoms. The van der Waals surface area contributed by atoms with E-state index in [9.17, 15) is 4.79 Å². The van der Waals surface area contributed by atoms with Crippen LogP contribution in [0.5, 0.6) is 17.4 Å². The molecule has 1 heterocycles. The molecule has 7 heteroatoms. The van der Waals surface area contributed by atoms with Crippen LogP contribution in [0.3, 0.4) is 0 Å². The number of rotatable bonds is 5. The van der Waals surface area contributed by atoms with Crippen molar-refractivity contribution in [3.63, 3.8) is 0 Å². The van der Waals surface area contributed by atoms with Crippen LogP contribution in [0.15, 0.2) is 48.5 Å². The summed E-state index contributed by atoms with van der Waals surface area (Å²) in [4.78, 5) is 20.0. The zero-order valence-corrected chi connectivity index (χ0v) is 14.4. The summed E-state index contributed by atoms with van der Waals surface area (Å²) < 4.78 is 15.8. The van der Waals surface area contributed by atoms with E-state index in [2.05, 4.69) is 14.7 Å². The molecular formula is C18H15ClN2O4. The van der Waals surface area contributed by atoms with Crippen molar-refractivity contribution in [3.05, 3.63) is 53.7 Å². The Morgan fingerprint density at radius 2 is 1.60 bits per heavy atom. The van der Waals surface area contributed by atoms with E-state index in [1.54, 1.807) is 31.2 Å². The van der Waals surface area contributed by atoms with Gasteiger partial charge in [0.1, 0.15) is 11.5 Å². The number of methoxy groups -OCH3 is 1. The fraction of sp³-hybridized carbons (Fsp3) is 0.167. The number of carbonyl (C=O) groups is 1. The van der Waals surface area contributed by atoms with Gasteiger partial charge in [0.25, 0.3) is 5.88 Å². The summed E-state index contributed by atoms with van der Waals surface area (Å²) in [6.45, 7) is 1.61. The van der Waals surface area contributed by atoms with Crippen LogP contribution in [0.25, 0.3) is 11.0 Å². The predicted molar refractivity (Wildman–Crippen MR) is 93.2 cm³/mol. The highest BCUT2D eigenvalue weighted by Crippen LogP contribution is 2.29. The fourth-order valence-electron chi connectivity index (χ4n) is 2.14. The number of fused-ring (bicyclic) bond motifs is 1. The second-order valence-electron chi connectivity index (χ2n) is 5.16. The van der Waals surface area contributed by atoms with Gasteiger partial charge in [0.15, 0.2) is 11.3 Å². The third-order valence-electron chi connectivity index (χ3n) is 3.38. The molecule has 1 unspecified atom stereocenters. The van der Waals surface area contributed by atoms with Gasteiger partial charge in [0.2, 0.25) is 0 Å². The number of hydrogen-bond donors (Lipinski definition) is 0. The van der Waals surface area contributed by atoms with Crippen LogP contribution in [0.4, 0.5) is 0 Å². The van der Waals surface area contributed by atoms with Crippen LogP contribution < -0.4 is 9.47 Å². The zero-order chi connectivity index (χ0) is 17.8. The Labute approximate surface area is 149 Å². The molecule has 0 saturated carbocycles. The van der Waals surface area contributed by atoms with Crippen molar-refractivity contribution in [1.82, 2.24) is 9.97 Å². The minimum Gasteiger partial charge on any atom is -0.479 e. The van der Waals surface area contributed by atoms with Gasteiger partial charge in [0.05, 0.1) is 18.1 Å². The Kier molecular flexibility index (Phi) is 5.00. The number of ether oxygens (including phenoxy) is 3. The standard InChI is InChI=1S/C18H15ClN2O4/c1-11(18(22)23-2)24-12-7-9-13(10-8-12)25-17-16(19)20-14-5-3-4-6-15(14)21-17/h3-11H,1-2H3. The maximum Gasteiger partial charge on any atom is 0.346 e. The number of esters is 1. The number of para-hydroxylation sites is 2. The molecule has 6 nitrogen and oxygen atoms in total. The molecule has 2 aromatic carbocycles. The third-order valence-corrected chi connectivity index (χ3v) is 3.63. The molecule has 25 heavy (non-hydrogen) atoms. The summed E-state index contributed by atoms with van der Waals surface area (Å²) in [6, 6.07) is 14.1. The Hall–Kier alpha value is -2.86. The van der Waals surface area contributed by atoms with E-state index in [4.69, 9.17) is 21.1 Å². The summed E-state index contributed by atoms with van der Waals surface area (Å²) in [6.07, 6.45) is -0.697. The van der Waals surface area contributed by atoms with E-state index >= 15 is 0 Å². The Balaban J connectivity index is 1.75.